The third-order valence-corrected chi connectivity index (χ3v) is 4.69. The van der Waals surface area contributed by atoms with Crippen LogP contribution in [0.5, 0.6) is 0 Å². The summed E-state index contributed by atoms with van der Waals surface area (Å²) >= 11 is 5.93. The van der Waals surface area contributed by atoms with Crippen LogP contribution >= 0.6 is 11.6 Å². The summed E-state index contributed by atoms with van der Waals surface area (Å²) < 4.78 is 11.4. The molecule has 0 unspecified atom stereocenters. The minimum absolute atomic E-state index is 0.276. The molecule has 0 aliphatic carbocycles. The second kappa shape index (κ2) is 6.04. The third kappa shape index (κ3) is 2.48. The van der Waals surface area contributed by atoms with Gasteiger partial charge in [-0.1, -0.05) is 28.9 Å². The molecule has 2 aromatic carbocycles. The van der Waals surface area contributed by atoms with Crippen LogP contribution in [-0.2, 0) is 0 Å². The Hall–Kier alpha value is -3.05. The van der Waals surface area contributed by atoms with Gasteiger partial charge in [-0.05, 0) is 43.7 Å². The summed E-state index contributed by atoms with van der Waals surface area (Å²) in [4.78, 5) is 11.8. The molecule has 0 atom stereocenters. The van der Waals surface area contributed by atoms with E-state index in [9.17, 15) is 10.0 Å². The van der Waals surface area contributed by atoms with Gasteiger partial charge >= 0.3 is 5.63 Å². The first-order valence-electron chi connectivity index (χ1n) is 7.94. The van der Waals surface area contributed by atoms with E-state index < -0.39 is 5.63 Å². The van der Waals surface area contributed by atoms with E-state index in [4.69, 9.17) is 20.4 Å². The summed E-state index contributed by atoms with van der Waals surface area (Å²) in [6.07, 6.45) is 0. The molecule has 2 heterocycles. The molecular formula is C20H14ClNO4. The highest BCUT2D eigenvalue weighted by atomic mass is 35.5. The van der Waals surface area contributed by atoms with Gasteiger partial charge in [-0.25, -0.2) is 4.79 Å². The van der Waals surface area contributed by atoms with Crippen molar-refractivity contribution >= 4 is 39.3 Å². The topological polar surface area (TPSA) is 75.9 Å². The lowest BCUT2D eigenvalue weighted by Crippen LogP contribution is -2.03. The molecule has 0 radical (unpaired) electrons. The number of hydrogen-bond acceptors (Lipinski definition) is 5. The molecular weight excluding hydrogens is 354 g/mol. The Morgan fingerprint density at radius 2 is 1.81 bits per heavy atom. The Morgan fingerprint density at radius 3 is 2.50 bits per heavy atom. The molecule has 130 valence electrons. The Bertz CT molecular complexity index is 1230. The van der Waals surface area contributed by atoms with Crippen LogP contribution < -0.4 is 5.63 Å². The third-order valence-electron chi connectivity index (χ3n) is 4.44. The molecule has 0 amide bonds. The van der Waals surface area contributed by atoms with Crippen molar-refractivity contribution in [1.82, 2.24) is 0 Å². The number of hydrogen-bond donors (Lipinski definition) is 1. The molecule has 0 saturated carbocycles. The zero-order chi connectivity index (χ0) is 18.4. The van der Waals surface area contributed by atoms with Crippen LogP contribution in [0.4, 0.5) is 0 Å². The summed E-state index contributed by atoms with van der Waals surface area (Å²) in [5, 5.41) is 15.1. The molecule has 0 saturated heterocycles. The number of aryl methyl sites for hydroxylation is 2. The molecule has 26 heavy (non-hydrogen) atoms. The fourth-order valence-corrected chi connectivity index (χ4v) is 3.30. The smallest absolute Gasteiger partial charge is 0.336 e. The SMILES string of the molecule is Cc1cc(=O)oc2c1ccc1oc(/C(=N\O)c3ccc(Cl)cc3)c(C)c12. The molecule has 5 nitrogen and oxygen atoms in total. The van der Waals surface area contributed by atoms with Gasteiger partial charge in [0, 0.05) is 27.6 Å². The second-order valence-corrected chi connectivity index (χ2v) is 6.51. The van der Waals surface area contributed by atoms with Crippen molar-refractivity contribution in [2.45, 2.75) is 13.8 Å². The number of rotatable bonds is 2. The maximum atomic E-state index is 11.8. The van der Waals surface area contributed by atoms with E-state index >= 15 is 0 Å². The van der Waals surface area contributed by atoms with Gasteiger partial charge in [0.15, 0.2) is 11.5 Å². The van der Waals surface area contributed by atoms with Crippen molar-refractivity contribution in [3.8, 4) is 0 Å². The molecule has 6 heteroatoms. The Morgan fingerprint density at radius 1 is 1.08 bits per heavy atom. The van der Waals surface area contributed by atoms with Gasteiger partial charge in [0.25, 0.3) is 0 Å². The van der Waals surface area contributed by atoms with Crippen LogP contribution in [0.1, 0.15) is 22.5 Å². The molecule has 0 spiro atoms. The quantitative estimate of drug-likeness (QED) is 0.233. The molecule has 0 fully saturated rings. The van der Waals surface area contributed by atoms with Gasteiger partial charge in [-0.2, -0.15) is 0 Å². The van der Waals surface area contributed by atoms with Gasteiger partial charge in [0.2, 0.25) is 0 Å². The highest BCUT2D eigenvalue weighted by Crippen LogP contribution is 2.34. The average Bonchev–Trinajstić information content (AvgIpc) is 2.94. The lowest BCUT2D eigenvalue weighted by molar-refractivity contribution is 0.318. The van der Waals surface area contributed by atoms with E-state index in [2.05, 4.69) is 5.16 Å². The minimum atomic E-state index is -0.418. The van der Waals surface area contributed by atoms with E-state index in [1.807, 2.05) is 26.0 Å². The van der Waals surface area contributed by atoms with Gasteiger partial charge in [-0.3, -0.25) is 0 Å². The second-order valence-electron chi connectivity index (χ2n) is 6.08. The predicted molar refractivity (Wildman–Crippen MR) is 101 cm³/mol. The van der Waals surface area contributed by atoms with E-state index in [0.29, 0.717) is 32.9 Å². The highest BCUT2D eigenvalue weighted by molar-refractivity contribution is 6.30. The molecule has 4 aromatic rings. The van der Waals surface area contributed by atoms with Gasteiger partial charge in [-0.15, -0.1) is 0 Å². The summed E-state index contributed by atoms with van der Waals surface area (Å²) in [5.74, 6) is 0.404. The van der Waals surface area contributed by atoms with E-state index in [1.165, 1.54) is 6.07 Å². The number of furan rings is 1. The first-order valence-corrected chi connectivity index (χ1v) is 8.32. The summed E-state index contributed by atoms with van der Waals surface area (Å²) in [5.41, 5.74) is 3.08. The zero-order valence-corrected chi connectivity index (χ0v) is 14.8. The van der Waals surface area contributed by atoms with Gasteiger partial charge in [0.1, 0.15) is 11.2 Å². The van der Waals surface area contributed by atoms with Crippen LogP contribution in [0.15, 0.2) is 61.2 Å². The van der Waals surface area contributed by atoms with Crippen molar-refractivity contribution in [1.29, 1.82) is 0 Å². The minimum Gasteiger partial charge on any atom is -0.454 e. The van der Waals surface area contributed by atoms with E-state index in [-0.39, 0.29) is 5.71 Å². The number of benzene rings is 2. The molecule has 2 aromatic heterocycles. The number of halogens is 1. The average molecular weight is 368 g/mol. The van der Waals surface area contributed by atoms with Crippen LogP contribution in [0.25, 0.3) is 21.9 Å². The maximum Gasteiger partial charge on any atom is 0.336 e. The first kappa shape index (κ1) is 16.4. The number of fused-ring (bicyclic) bond motifs is 3. The normalized spacial score (nSPS) is 12.2. The largest absolute Gasteiger partial charge is 0.454 e. The molecule has 0 aliphatic heterocycles. The van der Waals surface area contributed by atoms with Crippen molar-refractivity contribution in [2.24, 2.45) is 5.16 Å². The van der Waals surface area contributed by atoms with E-state index in [1.54, 1.807) is 24.3 Å². The van der Waals surface area contributed by atoms with Crippen molar-refractivity contribution in [2.75, 3.05) is 0 Å². The number of oxime groups is 1. The van der Waals surface area contributed by atoms with Crippen molar-refractivity contribution in [3.05, 3.63) is 80.4 Å². The van der Waals surface area contributed by atoms with Crippen molar-refractivity contribution < 1.29 is 14.0 Å². The molecule has 1 N–H and O–H groups in total. The van der Waals surface area contributed by atoms with Crippen LogP contribution in [0.3, 0.4) is 0 Å². The van der Waals surface area contributed by atoms with Crippen LogP contribution in [-0.4, -0.2) is 10.9 Å². The first-order chi connectivity index (χ1) is 12.5. The fourth-order valence-electron chi connectivity index (χ4n) is 3.17. The van der Waals surface area contributed by atoms with Gasteiger partial charge in [0.05, 0.1) is 5.39 Å². The Labute approximate surface area is 153 Å². The monoisotopic (exact) mass is 367 g/mol. The molecule has 0 bridgehead atoms. The fraction of sp³-hybridized carbons (Fsp3) is 0.100. The van der Waals surface area contributed by atoms with Gasteiger partial charge < -0.3 is 14.0 Å². The zero-order valence-electron chi connectivity index (χ0n) is 14.0. The van der Waals surface area contributed by atoms with Crippen LogP contribution in [0, 0.1) is 13.8 Å². The lowest BCUT2D eigenvalue weighted by atomic mass is 10.0. The maximum absolute atomic E-state index is 11.8. The summed E-state index contributed by atoms with van der Waals surface area (Å²) in [6.45, 7) is 3.69. The Balaban J connectivity index is 2.02. The molecule has 4 rings (SSSR count). The number of nitrogens with zero attached hydrogens (tertiary/aromatic N) is 1. The van der Waals surface area contributed by atoms with E-state index in [0.717, 1.165) is 16.5 Å². The Kier molecular flexibility index (Phi) is 3.81. The summed E-state index contributed by atoms with van der Waals surface area (Å²) in [7, 11) is 0. The molecule has 0 aliphatic rings. The lowest BCUT2D eigenvalue weighted by Gasteiger charge is -2.03. The standard InChI is InChI=1S/C20H14ClNO4/c1-10-9-16(23)26-20-14(10)7-8-15-17(20)11(2)19(25-15)18(22-24)12-3-5-13(21)6-4-12/h3-9,24H,1-2H3/b22-18-. The predicted octanol–water partition coefficient (Wildman–Crippen LogP) is 5.04. The summed E-state index contributed by atoms with van der Waals surface area (Å²) in [6, 6.07) is 12.0. The van der Waals surface area contributed by atoms with Crippen molar-refractivity contribution in [3.63, 3.8) is 0 Å². The van der Waals surface area contributed by atoms with Crippen LogP contribution in [0.2, 0.25) is 5.02 Å². The highest BCUT2D eigenvalue weighted by Gasteiger charge is 2.21.